The van der Waals surface area contributed by atoms with Crippen molar-refractivity contribution in [3.63, 3.8) is 0 Å². The first-order chi connectivity index (χ1) is 9.63. The normalized spacial score (nSPS) is 34.1. The molecule has 1 saturated heterocycles. The fourth-order valence-electron chi connectivity index (χ4n) is 2.14. The second kappa shape index (κ2) is 7.40. The van der Waals surface area contributed by atoms with Crippen molar-refractivity contribution >= 4 is 11.8 Å². The van der Waals surface area contributed by atoms with Gasteiger partial charge in [0.1, 0.15) is 29.9 Å². The molecule has 5 atom stereocenters. The van der Waals surface area contributed by atoms with Crippen LogP contribution in [0, 0.1) is 0 Å². The van der Waals surface area contributed by atoms with Gasteiger partial charge in [-0.3, -0.25) is 0 Å². The number of hydrogen-bond acceptors (Lipinski definition) is 6. The van der Waals surface area contributed by atoms with Gasteiger partial charge < -0.3 is 25.2 Å². The summed E-state index contributed by atoms with van der Waals surface area (Å²) >= 11 is 1.37. The molecule has 4 N–H and O–H groups in total. The van der Waals surface area contributed by atoms with Gasteiger partial charge in [0, 0.05) is 0 Å². The van der Waals surface area contributed by atoms with E-state index in [4.69, 9.17) is 9.84 Å². The summed E-state index contributed by atoms with van der Waals surface area (Å²) in [7, 11) is 0. The van der Waals surface area contributed by atoms with E-state index in [1.54, 1.807) is 0 Å². The number of aliphatic hydroxyl groups excluding tert-OH is 4. The zero-order chi connectivity index (χ0) is 14.5. The van der Waals surface area contributed by atoms with Crippen molar-refractivity contribution in [3.05, 3.63) is 35.9 Å². The topological polar surface area (TPSA) is 90.2 Å². The lowest BCUT2D eigenvalue weighted by molar-refractivity contribution is -0.205. The zero-order valence-electron chi connectivity index (χ0n) is 11.0. The molecule has 0 saturated carbocycles. The van der Waals surface area contributed by atoms with Crippen LogP contribution in [-0.4, -0.2) is 62.6 Å². The van der Waals surface area contributed by atoms with Crippen LogP contribution in [0.15, 0.2) is 30.3 Å². The van der Waals surface area contributed by atoms with Crippen molar-refractivity contribution in [1.82, 2.24) is 0 Å². The summed E-state index contributed by atoms with van der Waals surface area (Å²) in [5, 5.41) is 38.3. The third-order valence-corrected chi connectivity index (χ3v) is 4.52. The summed E-state index contributed by atoms with van der Waals surface area (Å²) in [5.74, 6) is 0.715. The molecule has 6 heteroatoms. The monoisotopic (exact) mass is 300 g/mol. The van der Waals surface area contributed by atoms with Crippen LogP contribution in [0.5, 0.6) is 0 Å². The quantitative estimate of drug-likeness (QED) is 0.600. The number of benzene rings is 1. The highest BCUT2D eigenvalue weighted by Gasteiger charge is 2.43. The molecule has 1 heterocycles. The molecular weight excluding hydrogens is 280 g/mol. The molecule has 0 aromatic heterocycles. The molecule has 1 aromatic carbocycles. The summed E-state index contributed by atoms with van der Waals surface area (Å²) in [6.07, 6.45) is -3.76. The van der Waals surface area contributed by atoms with Crippen LogP contribution in [0.25, 0.3) is 0 Å². The van der Waals surface area contributed by atoms with E-state index in [9.17, 15) is 15.3 Å². The highest BCUT2D eigenvalue weighted by Crippen LogP contribution is 2.28. The third-order valence-electron chi connectivity index (χ3n) is 3.36. The Morgan fingerprint density at radius 2 is 1.70 bits per heavy atom. The summed E-state index contributed by atoms with van der Waals surface area (Å²) in [4.78, 5) is 0. The standard InChI is InChI=1S/C14H20O5S/c15-8-10-11(16)12(17)13(18)14(19-10)20-7-6-9-4-2-1-3-5-9/h1-5,10-18H,6-8H2/t10-,11+,12+,13+,14+/m0/s1. The molecule has 0 radical (unpaired) electrons. The number of aryl methyl sites for hydroxylation is 1. The SMILES string of the molecule is OC[C@@H]1O[C@H](SCCc2ccccc2)[C@H](O)[C@H](O)[C@@H]1O. The molecule has 2 rings (SSSR count). The van der Waals surface area contributed by atoms with Crippen LogP contribution in [0.2, 0.25) is 0 Å². The van der Waals surface area contributed by atoms with Crippen molar-refractivity contribution in [3.8, 4) is 0 Å². The first kappa shape index (κ1) is 15.8. The van der Waals surface area contributed by atoms with Crippen LogP contribution >= 0.6 is 11.8 Å². The van der Waals surface area contributed by atoms with Gasteiger partial charge in [-0.05, 0) is 17.7 Å². The van der Waals surface area contributed by atoms with Gasteiger partial charge in [-0.25, -0.2) is 0 Å². The van der Waals surface area contributed by atoms with Crippen molar-refractivity contribution in [2.45, 2.75) is 36.3 Å². The van der Waals surface area contributed by atoms with Crippen LogP contribution in [0.3, 0.4) is 0 Å². The Morgan fingerprint density at radius 1 is 1.00 bits per heavy atom. The van der Waals surface area contributed by atoms with Crippen molar-refractivity contribution in [2.75, 3.05) is 12.4 Å². The summed E-state index contributed by atoms with van der Waals surface area (Å²) in [6.45, 7) is -0.388. The lowest BCUT2D eigenvalue weighted by Crippen LogP contribution is -2.57. The van der Waals surface area contributed by atoms with Crippen LogP contribution in [0.4, 0.5) is 0 Å². The number of aliphatic hydroxyl groups is 4. The van der Waals surface area contributed by atoms with E-state index in [0.717, 1.165) is 6.42 Å². The second-order valence-electron chi connectivity index (χ2n) is 4.80. The van der Waals surface area contributed by atoms with Crippen LogP contribution in [-0.2, 0) is 11.2 Å². The molecule has 1 aromatic rings. The van der Waals surface area contributed by atoms with Gasteiger partial charge in [-0.1, -0.05) is 30.3 Å². The molecule has 1 aliphatic heterocycles. The van der Waals surface area contributed by atoms with Crippen molar-refractivity contribution in [2.24, 2.45) is 0 Å². The number of thioether (sulfide) groups is 1. The van der Waals surface area contributed by atoms with Gasteiger partial charge in [0.25, 0.3) is 0 Å². The lowest BCUT2D eigenvalue weighted by atomic mass is 10.0. The molecule has 5 nitrogen and oxygen atoms in total. The van der Waals surface area contributed by atoms with E-state index in [2.05, 4.69) is 0 Å². The fourth-order valence-corrected chi connectivity index (χ4v) is 3.31. The Labute approximate surface area is 122 Å². The van der Waals surface area contributed by atoms with Crippen LogP contribution < -0.4 is 0 Å². The Bertz CT molecular complexity index is 400. The first-order valence-electron chi connectivity index (χ1n) is 6.59. The number of ether oxygens (including phenoxy) is 1. The summed E-state index contributed by atoms with van der Waals surface area (Å²) in [6, 6.07) is 9.93. The van der Waals surface area contributed by atoms with Crippen molar-refractivity contribution in [1.29, 1.82) is 0 Å². The number of hydrogen-bond donors (Lipinski definition) is 4. The number of rotatable bonds is 5. The maximum atomic E-state index is 9.88. The molecule has 20 heavy (non-hydrogen) atoms. The average Bonchev–Trinajstić information content (AvgIpc) is 2.48. The van der Waals surface area contributed by atoms with Gasteiger partial charge >= 0.3 is 0 Å². The largest absolute Gasteiger partial charge is 0.394 e. The van der Waals surface area contributed by atoms with Gasteiger partial charge in [0.05, 0.1) is 6.61 Å². The van der Waals surface area contributed by atoms with E-state index in [0.29, 0.717) is 5.75 Å². The smallest absolute Gasteiger partial charge is 0.132 e. The molecule has 0 spiro atoms. The fraction of sp³-hybridized carbons (Fsp3) is 0.571. The van der Waals surface area contributed by atoms with Gasteiger partial charge in [-0.2, -0.15) is 0 Å². The van der Waals surface area contributed by atoms with Gasteiger partial charge in [0.15, 0.2) is 0 Å². The predicted molar refractivity (Wildman–Crippen MR) is 76.4 cm³/mol. The van der Waals surface area contributed by atoms with E-state index in [-0.39, 0.29) is 6.61 Å². The Hall–Kier alpha value is -0.630. The Kier molecular flexibility index (Phi) is 5.83. The molecule has 0 unspecified atom stereocenters. The highest BCUT2D eigenvalue weighted by molar-refractivity contribution is 7.99. The maximum absolute atomic E-state index is 9.88. The first-order valence-corrected chi connectivity index (χ1v) is 7.64. The van der Waals surface area contributed by atoms with Crippen molar-refractivity contribution < 1.29 is 25.2 Å². The van der Waals surface area contributed by atoms with Gasteiger partial charge in [-0.15, -0.1) is 11.8 Å². The Balaban J connectivity index is 1.85. The zero-order valence-corrected chi connectivity index (χ0v) is 11.8. The maximum Gasteiger partial charge on any atom is 0.132 e. The molecule has 0 amide bonds. The van der Waals surface area contributed by atoms with E-state index in [1.165, 1.54) is 17.3 Å². The van der Waals surface area contributed by atoms with E-state index >= 15 is 0 Å². The molecule has 0 aliphatic carbocycles. The summed E-state index contributed by atoms with van der Waals surface area (Å²) < 4.78 is 5.42. The predicted octanol–water partition coefficient (Wildman–Crippen LogP) is -0.238. The van der Waals surface area contributed by atoms with E-state index < -0.39 is 29.9 Å². The van der Waals surface area contributed by atoms with E-state index in [1.807, 2.05) is 30.3 Å². The second-order valence-corrected chi connectivity index (χ2v) is 6.01. The minimum absolute atomic E-state index is 0.388. The summed E-state index contributed by atoms with van der Waals surface area (Å²) in [5.41, 5.74) is 0.541. The molecule has 0 bridgehead atoms. The average molecular weight is 300 g/mol. The Morgan fingerprint density at radius 3 is 2.35 bits per heavy atom. The van der Waals surface area contributed by atoms with Gasteiger partial charge in [0.2, 0.25) is 0 Å². The molecule has 1 fully saturated rings. The third kappa shape index (κ3) is 3.72. The lowest BCUT2D eigenvalue weighted by Gasteiger charge is -2.39. The molecule has 1 aliphatic rings. The minimum Gasteiger partial charge on any atom is -0.394 e. The minimum atomic E-state index is -1.30. The highest BCUT2D eigenvalue weighted by atomic mass is 32.2. The molecule has 112 valence electrons. The molecular formula is C14H20O5S. The van der Waals surface area contributed by atoms with Crippen LogP contribution in [0.1, 0.15) is 5.56 Å².